The van der Waals surface area contributed by atoms with Crippen LogP contribution >= 0.6 is 0 Å². The van der Waals surface area contributed by atoms with Crippen LogP contribution in [0.5, 0.6) is 0 Å². The van der Waals surface area contributed by atoms with Crippen LogP contribution in [0.25, 0.3) is 11.0 Å². The highest BCUT2D eigenvalue weighted by molar-refractivity contribution is 6.44. The molecule has 0 spiro atoms. The van der Waals surface area contributed by atoms with E-state index in [9.17, 15) is 25.0 Å². The molecule has 158 valence electrons. The van der Waals surface area contributed by atoms with E-state index in [1.807, 2.05) is 13.0 Å². The summed E-state index contributed by atoms with van der Waals surface area (Å²) in [5.41, 5.74) is 1.34. The fraction of sp³-hybridized carbons (Fsp3) is 0.158. The second-order valence-electron chi connectivity index (χ2n) is 6.70. The zero-order chi connectivity index (χ0) is 22.7. The largest absolute Gasteiger partial charge is 0.323 e. The number of aryl methyl sites for hydroxylation is 2. The van der Waals surface area contributed by atoms with Crippen molar-refractivity contribution >= 4 is 34.0 Å². The van der Waals surface area contributed by atoms with Gasteiger partial charge in [0.15, 0.2) is 0 Å². The van der Waals surface area contributed by atoms with Crippen molar-refractivity contribution in [2.75, 3.05) is 5.32 Å². The molecule has 31 heavy (non-hydrogen) atoms. The minimum Gasteiger partial charge on any atom is -0.323 e. The number of nitrogens with two attached hydrogens (primary N) is 1. The number of hydrogen-bond donors (Lipinski definition) is 2. The topological polar surface area (TPSA) is 180 Å². The molecule has 1 atom stereocenters. The number of nitro benzene ring substituents is 1. The first-order chi connectivity index (χ1) is 14.7. The standard InChI is InChI=1S/C19H17N7O5/c1-10-3-4-11(2)14(7-10)23-19(27)17(24-20)18(26(30)31)16-9-21-13-6-5-12(25(28)29)8-15(13)22-16/h3-9,18H,20H2,1-2H3,(H,23,27)/b24-17-/t18-/m1/s1. The zero-order valence-electron chi connectivity index (χ0n) is 16.5. The predicted octanol–water partition coefficient (Wildman–Crippen LogP) is 2.43. The van der Waals surface area contributed by atoms with Gasteiger partial charge in [0, 0.05) is 22.7 Å². The molecule has 3 rings (SSSR count). The van der Waals surface area contributed by atoms with Gasteiger partial charge in [-0.3, -0.25) is 30.0 Å². The fourth-order valence-electron chi connectivity index (χ4n) is 2.92. The van der Waals surface area contributed by atoms with Crippen LogP contribution in [0.15, 0.2) is 47.7 Å². The highest BCUT2D eigenvalue weighted by Gasteiger charge is 2.37. The van der Waals surface area contributed by atoms with E-state index in [1.165, 1.54) is 12.1 Å². The number of carbonyl (C=O) groups excluding carboxylic acids is 1. The van der Waals surface area contributed by atoms with Crippen LogP contribution in [-0.2, 0) is 4.79 Å². The number of hydrazone groups is 1. The first-order valence-electron chi connectivity index (χ1n) is 8.92. The third kappa shape index (κ3) is 4.42. The summed E-state index contributed by atoms with van der Waals surface area (Å²) < 4.78 is 0. The van der Waals surface area contributed by atoms with Gasteiger partial charge in [-0.2, -0.15) is 5.10 Å². The molecule has 12 nitrogen and oxygen atoms in total. The van der Waals surface area contributed by atoms with Crippen molar-refractivity contribution in [3.05, 3.63) is 79.6 Å². The Morgan fingerprint density at radius 3 is 2.52 bits per heavy atom. The van der Waals surface area contributed by atoms with Crippen molar-refractivity contribution in [3.63, 3.8) is 0 Å². The number of rotatable bonds is 6. The number of fused-ring (bicyclic) bond motifs is 1. The predicted molar refractivity (Wildman–Crippen MR) is 112 cm³/mol. The lowest BCUT2D eigenvalue weighted by atomic mass is 10.1. The maximum atomic E-state index is 12.8. The molecule has 0 aliphatic heterocycles. The molecule has 0 aliphatic rings. The lowest BCUT2D eigenvalue weighted by molar-refractivity contribution is -0.509. The van der Waals surface area contributed by atoms with Gasteiger partial charge in [-0.05, 0) is 37.1 Å². The van der Waals surface area contributed by atoms with E-state index in [1.54, 1.807) is 19.1 Å². The van der Waals surface area contributed by atoms with Crippen LogP contribution in [0.1, 0.15) is 22.9 Å². The summed E-state index contributed by atoms with van der Waals surface area (Å²) in [6.45, 7) is 3.59. The minimum atomic E-state index is -1.83. The molecule has 3 N–H and O–H groups in total. The maximum absolute atomic E-state index is 12.8. The molecular weight excluding hydrogens is 406 g/mol. The number of nitrogens with zero attached hydrogens (tertiary/aromatic N) is 5. The summed E-state index contributed by atoms with van der Waals surface area (Å²) in [5.74, 6) is 4.46. The van der Waals surface area contributed by atoms with Gasteiger partial charge in [0.05, 0.1) is 22.2 Å². The van der Waals surface area contributed by atoms with Crippen LogP contribution in [0.2, 0.25) is 0 Å². The van der Waals surface area contributed by atoms with Gasteiger partial charge in [0.1, 0.15) is 5.69 Å². The number of aromatic nitrogens is 2. The summed E-state index contributed by atoms with van der Waals surface area (Å²) in [6.07, 6.45) is 1.11. The van der Waals surface area contributed by atoms with Gasteiger partial charge in [-0.25, -0.2) is 4.98 Å². The third-order valence-corrected chi connectivity index (χ3v) is 4.52. The molecule has 1 heterocycles. The lowest BCUT2D eigenvalue weighted by Gasteiger charge is -2.13. The van der Waals surface area contributed by atoms with E-state index < -0.39 is 27.5 Å². The molecule has 0 saturated heterocycles. The molecule has 3 aromatic rings. The highest BCUT2D eigenvalue weighted by atomic mass is 16.6. The second-order valence-corrected chi connectivity index (χ2v) is 6.70. The number of nitrogens with one attached hydrogen (secondary N) is 1. The summed E-state index contributed by atoms with van der Waals surface area (Å²) in [5, 5.41) is 28.7. The number of carbonyl (C=O) groups is 1. The Balaban J connectivity index is 2.01. The summed E-state index contributed by atoms with van der Waals surface area (Å²) in [7, 11) is 0. The number of amides is 1. The average molecular weight is 423 g/mol. The van der Waals surface area contributed by atoms with Gasteiger partial charge < -0.3 is 11.2 Å². The number of nitro groups is 2. The van der Waals surface area contributed by atoms with E-state index in [-0.39, 0.29) is 16.9 Å². The summed E-state index contributed by atoms with van der Waals surface area (Å²) in [6, 6.07) is 7.27. The van der Waals surface area contributed by atoms with Crippen LogP contribution in [0.3, 0.4) is 0 Å². The van der Waals surface area contributed by atoms with Crippen LogP contribution in [0.4, 0.5) is 11.4 Å². The Labute approximate surface area is 175 Å². The quantitative estimate of drug-likeness (QED) is 0.262. The normalized spacial score (nSPS) is 12.4. The Morgan fingerprint density at radius 1 is 1.13 bits per heavy atom. The third-order valence-electron chi connectivity index (χ3n) is 4.52. The molecule has 1 aromatic heterocycles. The van der Waals surface area contributed by atoms with E-state index in [0.717, 1.165) is 23.4 Å². The molecule has 0 fully saturated rings. The molecule has 0 saturated carbocycles. The van der Waals surface area contributed by atoms with Crippen molar-refractivity contribution in [3.8, 4) is 0 Å². The minimum absolute atomic E-state index is 0.0601. The molecule has 0 radical (unpaired) electrons. The van der Waals surface area contributed by atoms with E-state index in [4.69, 9.17) is 5.84 Å². The second kappa shape index (κ2) is 8.49. The molecule has 12 heteroatoms. The van der Waals surface area contributed by atoms with Crippen molar-refractivity contribution in [2.24, 2.45) is 10.9 Å². The van der Waals surface area contributed by atoms with E-state index in [0.29, 0.717) is 11.2 Å². The van der Waals surface area contributed by atoms with Gasteiger partial charge >= 0.3 is 6.04 Å². The van der Waals surface area contributed by atoms with Gasteiger partial charge in [-0.1, -0.05) is 12.1 Å². The Kier molecular flexibility index (Phi) is 5.81. The number of benzene rings is 2. The first-order valence-corrected chi connectivity index (χ1v) is 8.92. The number of hydrogen-bond acceptors (Lipinski definition) is 9. The van der Waals surface area contributed by atoms with Gasteiger partial charge in [0.25, 0.3) is 11.6 Å². The monoisotopic (exact) mass is 423 g/mol. The smallest absolute Gasteiger partial charge is 0.304 e. The Bertz CT molecular complexity index is 1240. The van der Waals surface area contributed by atoms with Crippen molar-refractivity contribution < 1.29 is 14.6 Å². The first kappa shape index (κ1) is 21.2. The highest BCUT2D eigenvalue weighted by Crippen LogP contribution is 2.23. The number of anilines is 1. The molecule has 0 bridgehead atoms. The zero-order valence-corrected chi connectivity index (χ0v) is 16.5. The molecular formula is C19H17N7O5. The van der Waals surface area contributed by atoms with Crippen molar-refractivity contribution in [1.29, 1.82) is 0 Å². The summed E-state index contributed by atoms with van der Waals surface area (Å²) in [4.78, 5) is 42.3. The van der Waals surface area contributed by atoms with Crippen LogP contribution in [-0.4, -0.2) is 31.4 Å². The Hall–Kier alpha value is -4.48. The van der Waals surface area contributed by atoms with Gasteiger partial charge in [-0.15, -0.1) is 0 Å². The maximum Gasteiger partial charge on any atom is 0.304 e. The average Bonchev–Trinajstić information content (AvgIpc) is 2.73. The van der Waals surface area contributed by atoms with E-state index >= 15 is 0 Å². The van der Waals surface area contributed by atoms with Crippen molar-refractivity contribution in [2.45, 2.75) is 19.9 Å². The lowest BCUT2D eigenvalue weighted by Crippen LogP contribution is -2.34. The molecule has 0 aliphatic carbocycles. The Morgan fingerprint density at radius 2 is 1.87 bits per heavy atom. The number of non-ortho nitro benzene ring substituents is 1. The van der Waals surface area contributed by atoms with Crippen LogP contribution in [0, 0.1) is 34.1 Å². The van der Waals surface area contributed by atoms with E-state index in [2.05, 4.69) is 20.4 Å². The van der Waals surface area contributed by atoms with Crippen LogP contribution < -0.4 is 11.2 Å². The van der Waals surface area contributed by atoms with Gasteiger partial charge in [0.2, 0.25) is 5.71 Å². The SMILES string of the molecule is Cc1ccc(C)c(NC(=O)/C(=N\N)[C@@H](c2cnc3ccc([N+](=O)[O-])cc3n2)[N+](=O)[O-])c1. The fourth-order valence-corrected chi connectivity index (χ4v) is 2.92. The van der Waals surface area contributed by atoms with Crippen molar-refractivity contribution in [1.82, 2.24) is 9.97 Å². The summed E-state index contributed by atoms with van der Waals surface area (Å²) >= 11 is 0. The molecule has 2 aromatic carbocycles. The molecule has 1 amide bonds. The molecule has 0 unspecified atom stereocenters.